The molecule has 1 unspecified atom stereocenters. The molecule has 31 heavy (non-hydrogen) atoms. The SMILES string of the molecule is COC(=O)C(Cc1ccc(Br)cc1)(c1cccc(F)c1)c1ccc(F)c(C(F)(F)F)c1. The van der Waals surface area contributed by atoms with Gasteiger partial charge in [0.1, 0.15) is 17.0 Å². The zero-order valence-electron chi connectivity index (χ0n) is 16.1. The summed E-state index contributed by atoms with van der Waals surface area (Å²) in [4.78, 5) is 13.1. The van der Waals surface area contributed by atoms with Crippen molar-refractivity contribution in [3.8, 4) is 0 Å². The molecule has 0 radical (unpaired) electrons. The Morgan fingerprint density at radius 2 is 1.58 bits per heavy atom. The molecular weight excluding hydrogens is 483 g/mol. The zero-order chi connectivity index (χ0) is 22.8. The van der Waals surface area contributed by atoms with E-state index in [4.69, 9.17) is 4.74 Å². The molecule has 162 valence electrons. The molecule has 3 rings (SSSR count). The first kappa shape index (κ1) is 22.9. The molecular formula is C23H16BrF5O2. The van der Waals surface area contributed by atoms with Gasteiger partial charge in [-0.2, -0.15) is 13.2 Å². The fourth-order valence-corrected chi connectivity index (χ4v) is 3.79. The van der Waals surface area contributed by atoms with Crippen molar-refractivity contribution in [2.24, 2.45) is 0 Å². The quantitative estimate of drug-likeness (QED) is 0.298. The Balaban J connectivity index is 2.34. The Morgan fingerprint density at radius 3 is 2.16 bits per heavy atom. The Bertz CT molecular complexity index is 1100. The zero-order valence-corrected chi connectivity index (χ0v) is 17.7. The summed E-state index contributed by atoms with van der Waals surface area (Å²) in [6.45, 7) is 0. The molecule has 0 spiro atoms. The van der Waals surface area contributed by atoms with Crippen molar-refractivity contribution >= 4 is 21.9 Å². The summed E-state index contributed by atoms with van der Waals surface area (Å²) in [6.07, 6.45) is -5.12. The first-order valence-electron chi connectivity index (χ1n) is 9.04. The highest BCUT2D eigenvalue weighted by atomic mass is 79.9. The van der Waals surface area contributed by atoms with Gasteiger partial charge in [0.05, 0.1) is 12.7 Å². The van der Waals surface area contributed by atoms with Gasteiger partial charge in [0.15, 0.2) is 0 Å². The van der Waals surface area contributed by atoms with Gasteiger partial charge in [0.2, 0.25) is 0 Å². The van der Waals surface area contributed by atoms with Crippen molar-refractivity contribution in [1.29, 1.82) is 0 Å². The number of carbonyl (C=O) groups excluding carboxylic acids is 1. The lowest BCUT2D eigenvalue weighted by molar-refractivity contribution is -0.146. The van der Waals surface area contributed by atoms with E-state index in [0.29, 0.717) is 17.7 Å². The fourth-order valence-electron chi connectivity index (χ4n) is 3.52. The summed E-state index contributed by atoms with van der Waals surface area (Å²) >= 11 is 3.30. The molecule has 0 aliphatic heterocycles. The standard InChI is InChI=1S/C23H16BrF5O2/c1-31-21(30)22(15-3-2-4-18(25)11-15,13-14-5-8-17(24)9-6-14)16-7-10-20(26)19(12-16)23(27,28)29/h2-12H,13H2,1H3. The smallest absolute Gasteiger partial charge is 0.419 e. The second-order valence-corrected chi connectivity index (χ2v) is 7.82. The van der Waals surface area contributed by atoms with Crippen LogP contribution in [-0.2, 0) is 27.5 Å². The van der Waals surface area contributed by atoms with Gasteiger partial charge in [-0.3, -0.25) is 4.79 Å². The van der Waals surface area contributed by atoms with Gasteiger partial charge in [-0.05, 0) is 59.5 Å². The largest absolute Gasteiger partial charge is 0.468 e. The number of alkyl halides is 3. The number of benzene rings is 3. The van der Waals surface area contributed by atoms with Crippen LogP contribution in [-0.4, -0.2) is 13.1 Å². The predicted octanol–water partition coefficient (Wildman–Crippen LogP) is 6.45. The van der Waals surface area contributed by atoms with Crippen molar-refractivity contribution in [3.05, 3.63) is 105 Å². The Morgan fingerprint density at radius 1 is 0.935 bits per heavy atom. The highest BCUT2D eigenvalue weighted by molar-refractivity contribution is 9.10. The van der Waals surface area contributed by atoms with E-state index in [2.05, 4.69) is 15.9 Å². The lowest BCUT2D eigenvalue weighted by Gasteiger charge is -2.33. The maximum Gasteiger partial charge on any atom is 0.419 e. The maximum atomic E-state index is 14.1. The molecule has 3 aromatic rings. The highest BCUT2D eigenvalue weighted by Crippen LogP contribution is 2.41. The second-order valence-electron chi connectivity index (χ2n) is 6.90. The molecule has 1 atom stereocenters. The molecule has 2 nitrogen and oxygen atoms in total. The van der Waals surface area contributed by atoms with E-state index in [9.17, 15) is 26.7 Å². The van der Waals surface area contributed by atoms with Crippen LogP contribution in [0, 0.1) is 11.6 Å². The Labute approximate surface area is 183 Å². The first-order chi connectivity index (χ1) is 14.6. The van der Waals surface area contributed by atoms with Crippen LogP contribution in [0.3, 0.4) is 0 Å². The molecule has 3 aromatic carbocycles. The molecule has 0 heterocycles. The van der Waals surface area contributed by atoms with E-state index >= 15 is 0 Å². The van der Waals surface area contributed by atoms with Gasteiger partial charge < -0.3 is 4.74 Å². The third kappa shape index (κ3) is 4.63. The molecule has 0 aliphatic carbocycles. The van der Waals surface area contributed by atoms with Gasteiger partial charge in [0.25, 0.3) is 0 Å². The number of rotatable bonds is 5. The monoisotopic (exact) mass is 498 g/mol. The fraction of sp³-hybridized carbons (Fsp3) is 0.174. The Hall–Kier alpha value is -2.74. The molecule has 0 saturated carbocycles. The van der Waals surface area contributed by atoms with Crippen LogP contribution in [0.2, 0.25) is 0 Å². The maximum absolute atomic E-state index is 14.1. The van der Waals surface area contributed by atoms with Crippen LogP contribution >= 0.6 is 15.9 Å². The number of hydrogen-bond donors (Lipinski definition) is 0. The van der Waals surface area contributed by atoms with Gasteiger partial charge >= 0.3 is 12.1 Å². The van der Waals surface area contributed by atoms with Gasteiger partial charge in [0, 0.05) is 4.47 Å². The van der Waals surface area contributed by atoms with Crippen molar-refractivity contribution in [2.45, 2.75) is 18.0 Å². The van der Waals surface area contributed by atoms with E-state index in [1.54, 1.807) is 24.3 Å². The minimum Gasteiger partial charge on any atom is -0.468 e. The highest BCUT2D eigenvalue weighted by Gasteiger charge is 2.45. The normalized spacial score (nSPS) is 13.5. The van der Waals surface area contributed by atoms with E-state index in [1.165, 1.54) is 12.1 Å². The van der Waals surface area contributed by atoms with Crippen LogP contribution in [0.25, 0.3) is 0 Å². The summed E-state index contributed by atoms with van der Waals surface area (Å²) in [6, 6.07) is 14.1. The molecule has 0 aliphatic rings. The third-order valence-corrected chi connectivity index (χ3v) is 5.53. The summed E-state index contributed by atoms with van der Waals surface area (Å²) in [5.74, 6) is -3.06. The molecule has 0 amide bonds. The lowest BCUT2D eigenvalue weighted by atomic mass is 9.70. The predicted molar refractivity (Wildman–Crippen MR) is 108 cm³/mol. The topological polar surface area (TPSA) is 26.3 Å². The van der Waals surface area contributed by atoms with Crippen molar-refractivity contribution in [2.75, 3.05) is 7.11 Å². The summed E-state index contributed by atoms with van der Waals surface area (Å²) in [5, 5.41) is 0. The number of carbonyl (C=O) groups is 1. The average molecular weight is 499 g/mol. The van der Waals surface area contributed by atoms with Gasteiger partial charge in [-0.25, -0.2) is 8.78 Å². The van der Waals surface area contributed by atoms with Crippen molar-refractivity contribution < 1.29 is 31.5 Å². The summed E-state index contributed by atoms with van der Waals surface area (Å²) in [5.41, 5.74) is -2.87. The minimum atomic E-state index is -4.98. The van der Waals surface area contributed by atoms with Crippen LogP contribution in [0.4, 0.5) is 22.0 Å². The van der Waals surface area contributed by atoms with Crippen LogP contribution in [0.1, 0.15) is 22.3 Å². The van der Waals surface area contributed by atoms with Gasteiger partial charge in [-0.1, -0.05) is 46.3 Å². The lowest BCUT2D eigenvalue weighted by Crippen LogP contribution is -2.41. The molecule has 0 saturated heterocycles. The van der Waals surface area contributed by atoms with E-state index in [0.717, 1.165) is 29.8 Å². The molecule has 0 fully saturated rings. The number of esters is 1. The van der Waals surface area contributed by atoms with Crippen LogP contribution < -0.4 is 0 Å². The van der Waals surface area contributed by atoms with Crippen LogP contribution in [0.15, 0.2) is 71.2 Å². The number of halogens is 6. The van der Waals surface area contributed by atoms with E-state index in [-0.39, 0.29) is 17.5 Å². The molecule has 0 bridgehead atoms. The van der Waals surface area contributed by atoms with Crippen LogP contribution in [0.5, 0.6) is 0 Å². The second kappa shape index (κ2) is 8.78. The molecule has 0 aromatic heterocycles. The van der Waals surface area contributed by atoms with E-state index in [1.807, 2.05) is 0 Å². The third-order valence-electron chi connectivity index (χ3n) is 5.00. The summed E-state index contributed by atoms with van der Waals surface area (Å²) in [7, 11) is 1.09. The van der Waals surface area contributed by atoms with E-state index < -0.39 is 34.8 Å². The summed E-state index contributed by atoms with van der Waals surface area (Å²) < 4.78 is 74.1. The van der Waals surface area contributed by atoms with Crippen molar-refractivity contribution in [3.63, 3.8) is 0 Å². The number of hydrogen-bond acceptors (Lipinski definition) is 2. The molecule has 0 N–H and O–H groups in total. The average Bonchev–Trinajstić information content (AvgIpc) is 2.72. The number of methoxy groups -OCH3 is 1. The molecule has 8 heteroatoms. The Kier molecular flexibility index (Phi) is 6.50. The minimum absolute atomic E-state index is 0.0852. The first-order valence-corrected chi connectivity index (χ1v) is 9.83. The van der Waals surface area contributed by atoms with Gasteiger partial charge in [-0.15, -0.1) is 0 Å². The number of ether oxygens (including phenoxy) is 1. The van der Waals surface area contributed by atoms with Crippen molar-refractivity contribution in [1.82, 2.24) is 0 Å².